The van der Waals surface area contributed by atoms with Gasteiger partial charge in [0.15, 0.2) is 0 Å². The van der Waals surface area contributed by atoms with E-state index in [9.17, 15) is 0 Å². The van der Waals surface area contributed by atoms with E-state index < -0.39 is 0 Å². The summed E-state index contributed by atoms with van der Waals surface area (Å²) in [5, 5.41) is 9.58. The van der Waals surface area contributed by atoms with E-state index in [-0.39, 0.29) is 57.0 Å². The smallest absolute Gasteiger partial charge is 0.252 e. The minimum absolute atomic E-state index is 0.0398. The lowest BCUT2D eigenvalue weighted by Gasteiger charge is -2.52. The van der Waals surface area contributed by atoms with E-state index >= 15 is 0 Å². The van der Waals surface area contributed by atoms with Crippen molar-refractivity contribution in [3.8, 4) is 11.4 Å². The van der Waals surface area contributed by atoms with Gasteiger partial charge in [0, 0.05) is 105 Å². The normalized spacial score (nSPS) is 20.4. The van der Waals surface area contributed by atoms with E-state index in [4.69, 9.17) is 11.6 Å². The number of para-hydroxylation sites is 6. The fraction of sp³-hybridized carbons (Fsp3) is 0.308. The average molecular weight is 1500 g/mol. The summed E-state index contributed by atoms with van der Waals surface area (Å²) in [6.45, 7) is 37.8. The Morgan fingerprint density at radius 3 is 1.10 bits per heavy atom. The van der Waals surface area contributed by atoms with Gasteiger partial charge in [0.2, 0.25) is 0 Å². The van der Waals surface area contributed by atoms with Crippen LogP contribution in [-0.2, 0) is 32.5 Å². The van der Waals surface area contributed by atoms with Gasteiger partial charge in [-0.2, -0.15) is 0 Å². The number of rotatable bonds is 5. The molecule has 2 fully saturated rings. The van der Waals surface area contributed by atoms with Gasteiger partial charge >= 0.3 is 0 Å². The molecule has 9 heteroatoms. The number of hydrogen-bond donors (Lipinski definition) is 1. The highest BCUT2D eigenvalue weighted by atomic mass is 35.5. The van der Waals surface area contributed by atoms with E-state index in [1.54, 1.807) is 5.56 Å². The van der Waals surface area contributed by atoms with Crippen LogP contribution in [0.5, 0.6) is 0 Å². The standard InChI is InChI=1S/C52H52BN3.C32H26BClN2.C20H27N/c1-49(2,3)33-21-25-35(26-22-33)54(36-27-23-34(24-28-36)50(4,5)6)37-31-44-46-45(32-37)56-48-40(51(7)29-11-12-30-52(51,56)8)17-14-19-42(48)53(46)41-18-13-16-39-38-15-9-10-20-43(38)55(44)47(39)41;1-31-15-5-6-16-32(31,2)36-27-18-19(34)17-26-28(27)33(24-13-8-11-22(31)30(24)36)23-12-7-10-21-20-9-3-4-14-25(20)35(26)29(21)23;1-19(2,3)15-7-11-17(12-8-15)21-18-13-9-16(10-14-18)20(4,5)6/h9-10,13-28,31-32H,11-12,29-30H2,1-8H3;3-4,7-14,17-18H,5-6,15-16H2,1-2H3;7-14,21H,1-6H3. The SMILES string of the molecule is CC(C)(C)c1ccc(N(c2ccc(C(C)(C)C)cc2)c2cc3c4c(c2)-n2c5ccccc5c5cccc(c52)B4c2cccc4c2N3C2(C)CCCCC42C)cc1.CC(C)(C)c1ccc(Nc2ccc(C(C)(C)C)cc2)cc1.CC12CCCCC1(C)N1c3cc(Cl)cc4c3B(c3cccc2c31)c1cccc2c3ccccc3n-4c12. The summed E-state index contributed by atoms with van der Waals surface area (Å²) in [5.74, 6) is 0. The van der Waals surface area contributed by atoms with Gasteiger partial charge in [-0.15, -0.1) is 0 Å². The minimum Gasteiger partial charge on any atom is -0.356 e. The van der Waals surface area contributed by atoms with E-state index in [2.05, 4.69) is 383 Å². The van der Waals surface area contributed by atoms with Gasteiger partial charge in [-0.25, -0.2) is 0 Å². The van der Waals surface area contributed by atoms with Crippen molar-refractivity contribution < 1.29 is 0 Å². The first-order valence-electron chi connectivity index (χ1n) is 41.9. The molecule has 12 aromatic carbocycles. The highest BCUT2D eigenvalue weighted by Gasteiger charge is 2.63. The van der Waals surface area contributed by atoms with E-state index in [1.807, 2.05) is 0 Å². The maximum atomic E-state index is 6.99. The zero-order valence-corrected chi connectivity index (χ0v) is 69.8. The van der Waals surface area contributed by atoms with Crippen molar-refractivity contribution in [3.05, 3.63) is 281 Å². The number of hydrogen-bond acceptors (Lipinski definition) is 4. The van der Waals surface area contributed by atoms with Crippen LogP contribution in [0.15, 0.2) is 243 Å². The third-order valence-electron chi connectivity index (χ3n) is 28.8. The molecule has 0 spiro atoms. The lowest BCUT2D eigenvalue weighted by atomic mass is 9.33. The van der Waals surface area contributed by atoms with Gasteiger partial charge in [0.05, 0.1) is 27.8 Å². The minimum atomic E-state index is -0.0420. The van der Waals surface area contributed by atoms with Crippen LogP contribution in [-0.4, -0.2) is 33.6 Å². The summed E-state index contributed by atoms with van der Waals surface area (Å²) in [6, 6.07) is 92.0. The van der Waals surface area contributed by atoms with Crippen LogP contribution >= 0.6 is 11.6 Å². The van der Waals surface area contributed by atoms with Gasteiger partial charge in [0.25, 0.3) is 13.4 Å². The molecule has 564 valence electrons. The van der Waals surface area contributed by atoms with Crippen LogP contribution in [0, 0.1) is 0 Å². The molecule has 1 N–H and O–H groups in total. The van der Waals surface area contributed by atoms with Crippen LogP contribution in [0.1, 0.15) is 196 Å². The molecule has 8 heterocycles. The molecule has 2 aliphatic carbocycles. The summed E-state index contributed by atoms with van der Waals surface area (Å²) in [7, 11) is 0. The molecule has 0 amide bonds. The summed E-state index contributed by atoms with van der Waals surface area (Å²) < 4.78 is 5.12. The Morgan fingerprint density at radius 1 is 0.345 bits per heavy atom. The van der Waals surface area contributed by atoms with Crippen LogP contribution in [0.4, 0.5) is 51.2 Å². The van der Waals surface area contributed by atoms with Crippen LogP contribution < -0.4 is 52.8 Å². The van der Waals surface area contributed by atoms with Crippen LogP contribution in [0.25, 0.3) is 55.0 Å². The molecule has 2 aromatic heterocycles. The fourth-order valence-electron chi connectivity index (χ4n) is 22.4. The molecule has 2 saturated carbocycles. The molecule has 4 atom stereocenters. The Morgan fingerprint density at radius 2 is 0.681 bits per heavy atom. The Hall–Kier alpha value is -10.1. The molecule has 6 aliphatic heterocycles. The second-order valence-electron chi connectivity index (χ2n) is 39.3. The third-order valence-corrected chi connectivity index (χ3v) is 29.0. The lowest BCUT2D eigenvalue weighted by Crippen LogP contribution is -2.64. The molecule has 0 radical (unpaired) electrons. The zero-order chi connectivity index (χ0) is 78.2. The molecule has 14 aromatic rings. The predicted molar refractivity (Wildman–Crippen MR) is 487 cm³/mol. The number of benzene rings is 12. The predicted octanol–water partition coefficient (Wildman–Crippen LogP) is 24.1. The number of nitrogens with one attached hydrogen (secondary N) is 1. The molecular formula is C104H105B2ClN6. The fourth-order valence-corrected chi connectivity index (χ4v) is 22.6. The van der Waals surface area contributed by atoms with Crippen molar-refractivity contribution in [2.45, 2.75) is 206 Å². The van der Waals surface area contributed by atoms with Crippen molar-refractivity contribution in [2.24, 2.45) is 0 Å². The quantitative estimate of drug-likeness (QED) is 0.174. The summed E-state index contributed by atoms with van der Waals surface area (Å²) >= 11 is 6.99. The molecule has 0 bridgehead atoms. The molecular weight excluding hydrogens is 1390 g/mol. The maximum Gasteiger partial charge on any atom is 0.252 e. The Balaban J connectivity index is 0.000000124. The van der Waals surface area contributed by atoms with Crippen molar-refractivity contribution in [2.75, 3.05) is 20.0 Å². The summed E-state index contributed by atoms with van der Waals surface area (Å²) in [4.78, 5) is 8.11. The van der Waals surface area contributed by atoms with Crippen LogP contribution in [0.2, 0.25) is 5.02 Å². The number of nitrogens with zero attached hydrogens (tertiary/aromatic N) is 5. The maximum absolute atomic E-state index is 6.99. The summed E-state index contributed by atoms with van der Waals surface area (Å²) in [6.07, 6.45) is 9.97. The van der Waals surface area contributed by atoms with Gasteiger partial charge in [-0.3, -0.25) is 0 Å². The average Bonchev–Trinajstić information content (AvgIpc) is 1.51. The molecule has 8 aliphatic rings. The molecule has 22 rings (SSSR count). The second-order valence-corrected chi connectivity index (χ2v) is 39.7. The van der Waals surface area contributed by atoms with Crippen molar-refractivity contribution in [3.63, 3.8) is 0 Å². The Labute approximate surface area is 675 Å². The number of aromatic nitrogens is 2. The first-order valence-corrected chi connectivity index (χ1v) is 42.3. The number of fused-ring (bicyclic) bond motifs is 20. The van der Waals surface area contributed by atoms with Gasteiger partial charge in [-0.1, -0.05) is 292 Å². The second kappa shape index (κ2) is 24.9. The van der Waals surface area contributed by atoms with Gasteiger partial charge in [0.1, 0.15) is 0 Å². The number of halogens is 1. The van der Waals surface area contributed by atoms with Crippen molar-refractivity contribution in [1.29, 1.82) is 0 Å². The zero-order valence-electron chi connectivity index (χ0n) is 69.0. The molecule has 6 nitrogen and oxygen atoms in total. The topological polar surface area (TPSA) is 31.6 Å². The highest BCUT2D eigenvalue weighted by molar-refractivity contribution is 7.01. The third kappa shape index (κ3) is 10.4. The van der Waals surface area contributed by atoms with Crippen molar-refractivity contribution in [1.82, 2.24) is 9.13 Å². The van der Waals surface area contributed by atoms with E-state index in [0.717, 1.165) is 16.4 Å². The first kappa shape index (κ1) is 71.9. The molecule has 113 heavy (non-hydrogen) atoms. The molecule has 0 saturated heterocycles. The Bertz CT molecular complexity index is 6140. The largest absolute Gasteiger partial charge is 0.356 e. The summed E-state index contributed by atoms with van der Waals surface area (Å²) in [5.41, 5.74) is 37.0. The van der Waals surface area contributed by atoms with Gasteiger partial charge in [-0.05, 0) is 212 Å². The van der Waals surface area contributed by atoms with E-state index in [1.165, 1.54) is 207 Å². The van der Waals surface area contributed by atoms with Crippen LogP contribution in [0.3, 0.4) is 0 Å². The van der Waals surface area contributed by atoms with Crippen molar-refractivity contribution >= 4 is 153 Å². The molecule has 4 unspecified atom stereocenters. The first-order chi connectivity index (χ1) is 54.0. The van der Waals surface area contributed by atoms with E-state index in [0.29, 0.717) is 0 Å². The van der Waals surface area contributed by atoms with Gasteiger partial charge < -0.3 is 29.2 Å². The highest BCUT2D eigenvalue weighted by Crippen LogP contribution is 2.64. The lowest BCUT2D eigenvalue weighted by molar-refractivity contribution is 0.195. The monoisotopic (exact) mass is 1490 g/mol. The number of anilines is 9. The Kier molecular flexibility index (Phi) is 15.9.